The SMILES string of the molecule is O=C(Nc1c(Cl)cc(NC(=O)C23CC2C3)cc1Cl)c1cnccn1. The Morgan fingerprint density at radius 2 is 1.79 bits per heavy atom. The summed E-state index contributed by atoms with van der Waals surface area (Å²) in [4.78, 5) is 32.0. The predicted octanol–water partition coefficient (Wildman–Crippen LogP) is 3.38. The van der Waals surface area contributed by atoms with Crippen LogP contribution in [0.3, 0.4) is 0 Å². The number of fused-ring (bicyclic) bond motifs is 1. The molecule has 2 amide bonds. The van der Waals surface area contributed by atoms with Gasteiger partial charge in [-0.1, -0.05) is 23.2 Å². The van der Waals surface area contributed by atoms with Crippen LogP contribution >= 0.6 is 23.2 Å². The van der Waals surface area contributed by atoms with Crippen LogP contribution in [0, 0.1) is 11.3 Å². The number of carbonyl (C=O) groups is 2. The van der Waals surface area contributed by atoms with Gasteiger partial charge in [-0.15, -0.1) is 0 Å². The topological polar surface area (TPSA) is 84.0 Å². The molecule has 0 bridgehead atoms. The first-order valence-electron chi connectivity index (χ1n) is 7.37. The molecule has 0 unspecified atom stereocenters. The fraction of sp³-hybridized carbons (Fsp3) is 0.250. The lowest BCUT2D eigenvalue weighted by Gasteiger charge is -2.12. The molecule has 4 rings (SSSR count). The van der Waals surface area contributed by atoms with Gasteiger partial charge in [0.2, 0.25) is 5.91 Å². The van der Waals surface area contributed by atoms with E-state index in [4.69, 9.17) is 23.2 Å². The van der Waals surface area contributed by atoms with Crippen molar-refractivity contribution in [2.75, 3.05) is 10.6 Å². The minimum atomic E-state index is -0.471. The largest absolute Gasteiger partial charge is 0.325 e. The molecule has 8 heteroatoms. The van der Waals surface area contributed by atoms with Gasteiger partial charge in [-0.3, -0.25) is 14.6 Å². The Morgan fingerprint density at radius 1 is 1.12 bits per heavy atom. The van der Waals surface area contributed by atoms with Gasteiger partial charge in [0.15, 0.2) is 0 Å². The third kappa shape index (κ3) is 2.61. The third-order valence-electron chi connectivity index (χ3n) is 4.47. The first kappa shape index (κ1) is 15.4. The zero-order valence-corrected chi connectivity index (χ0v) is 13.9. The fourth-order valence-corrected chi connectivity index (χ4v) is 3.27. The molecule has 1 heterocycles. The van der Waals surface area contributed by atoms with Gasteiger partial charge in [-0.25, -0.2) is 4.98 Å². The normalized spacial score (nSPS) is 23.2. The van der Waals surface area contributed by atoms with E-state index in [1.807, 2.05) is 0 Å². The van der Waals surface area contributed by atoms with Crippen molar-refractivity contribution in [3.05, 3.63) is 46.5 Å². The van der Waals surface area contributed by atoms with Crippen LogP contribution in [0.5, 0.6) is 0 Å². The maximum absolute atomic E-state index is 12.1. The van der Waals surface area contributed by atoms with Crippen molar-refractivity contribution in [1.29, 1.82) is 0 Å². The maximum atomic E-state index is 12.1. The van der Waals surface area contributed by atoms with Crippen LogP contribution in [-0.4, -0.2) is 21.8 Å². The Morgan fingerprint density at radius 3 is 2.33 bits per heavy atom. The number of benzene rings is 1. The summed E-state index contributed by atoms with van der Waals surface area (Å²) >= 11 is 12.4. The molecule has 24 heavy (non-hydrogen) atoms. The highest BCUT2D eigenvalue weighted by atomic mass is 35.5. The number of rotatable bonds is 4. The molecule has 2 aliphatic rings. The van der Waals surface area contributed by atoms with E-state index >= 15 is 0 Å². The van der Waals surface area contributed by atoms with Crippen molar-refractivity contribution in [3.63, 3.8) is 0 Å². The van der Waals surface area contributed by atoms with E-state index in [1.54, 1.807) is 12.1 Å². The summed E-state index contributed by atoms with van der Waals surface area (Å²) in [7, 11) is 0. The van der Waals surface area contributed by atoms with Crippen LogP contribution in [0.4, 0.5) is 11.4 Å². The van der Waals surface area contributed by atoms with Gasteiger partial charge >= 0.3 is 0 Å². The smallest absolute Gasteiger partial charge is 0.275 e. The molecule has 1 aromatic heterocycles. The molecule has 1 aromatic carbocycles. The Labute approximate surface area is 147 Å². The van der Waals surface area contributed by atoms with E-state index in [1.165, 1.54) is 18.6 Å². The number of nitrogens with zero attached hydrogens (tertiary/aromatic N) is 2. The number of halogens is 2. The minimum absolute atomic E-state index is 0.0102. The lowest BCUT2D eigenvalue weighted by atomic mass is 10.2. The Kier molecular flexibility index (Phi) is 3.47. The molecule has 0 radical (unpaired) electrons. The Balaban J connectivity index is 1.51. The summed E-state index contributed by atoms with van der Waals surface area (Å²) in [6.07, 6.45) is 6.16. The zero-order chi connectivity index (χ0) is 16.9. The number of aromatic nitrogens is 2. The highest BCUT2D eigenvalue weighted by Gasteiger charge is 2.74. The number of carbonyl (C=O) groups excluding carboxylic acids is 2. The van der Waals surface area contributed by atoms with E-state index < -0.39 is 5.91 Å². The Bertz CT molecular complexity index is 827. The van der Waals surface area contributed by atoms with Crippen molar-refractivity contribution in [2.24, 2.45) is 11.3 Å². The number of hydrogen-bond acceptors (Lipinski definition) is 4. The molecule has 2 aromatic rings. The molecule has 2 saturated carbocycles. The summed E-state index contributed by atoms with van der Waals surface area (Å²) in [5.74, 6) is 0.0892. The lowest BCUT2D eigenvalue weighted by Crippen LogP contribution is -2.18. The first-order chi connectivity index (χ1) is 11.5. The average Bonchev–Trinajstić information content (AvgIpc) is 3.41. The summed E-state index contributed by atoms with van der Waals surface area (Å²) in [5, 5.41) is 5.91. The molecule has 0 saturated heterocycles. The second-order valence-electron chi connectivity index (χ2n) is 6.08. The van der Waals surface area contributed by atoms with E-state index in [0.717, 1.165) is 12.8 Å². The van der Waals surface area contributed by atoms with Crippen molar-refractivity contribution in [1.82, 2.24) is 9.97 Å². The third-order valence-corrected chi connectivity index (χ3v) is 5.07. The molecule has 6 nitrogen and oxygen atoms in total. The first-order valence-corrected chi connectivity index (χ1v) is 8.13. The highest BCUT2D eigenvalue weighted by molar-refractivity contribution is 6.40. The zero-order valence-electron chi connectivity index (χ0n) is 12.3. The van der Waals surface area contributed by atoms with E-state index in [0.29, 0.717) is 11.6 Å². The Hall–Kier alpha value is -2.18. The van der Waals surface area contributed by atoms with Gasteiger partial charge in [-0.2, -0.15) is 0 Å². The quantitative estimate of drug-likeness (QED) is 0.872. The van der Waals surface area contributed by atoms with Gasteiger partial charge in [-0.05, 0) is 30.9 Å². The molecule has 0 atom stereocenters. The van der Waals surface area contributed by atoms with Crippen LogP contribution in [0.15, 0.2) is 30.7 Å². The molecule has 2 aliphatic carbocycles. The van der Waals surface area contributed by atoms with Gasteiger partial charge in [0, 0.05) is 18.1 Å². The van der Waals surface area contributed by atoms with Crippen LogP contribution in [0.25, 0.3) is 0 Å². The second kappa shape index (κ2) is 5.43. The molecule has 0 spiro atoms. The van der Waals surface area contributed by atoms with Gasteiger partial charge in [0.05, 0.1) is 27.3 Å². The summed E-state index contributed by atoms with van der Waals surface area (Å²) < 4.78 is 0. The number of anilines is 2. The minimum Gasteiger partial charge on any atom is -0.325 e. The van der Waals surface area contributed by atoms with Crippen molar-refractivity contribution < 1.29 is 9.59 Å². The van der Waals surface area contributed by atoms with E-state index in [-0.39, 0.29) is 32.7 Å². The van der Waals surface area contributed by atoms with Crippen LogP contribution < -0.4 is 10.6 Å². The van der Waals surface area contributed by atoms with Crippen molar-refractivity contribution >= 4 is 46.4 Å². The molecular formula is C16H12Cl2N4O2. The molecule has 0 aliphatic heterocycles. The van der Waals surface area contributed by atoms with Gasteiger partial charge in [0.1, 0.15) is 5.69 Å². The lowest BCUT2D eigenvalue weighted by molar-refractivity contribution is -0.119. The summed E-state index contributed by atoms with van der Waals surface area (Å²) in [5.41, 5.74) is 0.785. The number of amides is 2. The standard InChI is InChI=1S/C16H12Cl2N4O2/c17-10-3-9(21-15(24)16-5-8(16)6-16)4-11(18)13(10)22-14(23)12-7-19-1-2-20-12/h1-4,7-8H,5-6H2,(H,21,24)(H,22,23). The molecular weight excluding hydrogens is 351 g/mol. The summed E-state index contributed by atoms with van der Waals surface area (Å²) in [6.45, 7) is 0. The van der Waals surface area contributed by atoms with E-state index in [9.17, 15) is 9.59 Å². The predicted molar refractivity (Wildman–Crippen MR) is 90.2 cm³/mol. The highest BCUT2D eigenvalue weighted by Crippen LogP contribution is 2.75. The van der Waals surface area contributed by atoms with Crippen molar-refractivity contribution in [2.45, 2.75) is 12.8 Å². The monoisotopic (exact) mass is 362 g/mol. The fourth-order valence-electron chi connectivity index (χ4n) is 2.69. The van der Waals surface area contributed by atoms with E-state index in [2.05, 4.69) is 20.6 Å². The molecule has 122 valence electrons. The summed E-state index contributed by atoms with van der Waals surface area (Å²) in [6, 6.07) is 3.13. The van der Waals surface area contributed by atoms with Crippen molar-refractivity contribution in [3.8, 4) is 0 Å². The van der Waals surface area contributed by atoms with Gasteiger partial charge < -0.3 is 10.6 Å². The molecule has 2 fully saturated rings. The second-order valence-corrected chi connectivity index (χ2v) is 6.89. The van der Waals surface area contributed by atoms with Crippen LogP contribution in [0.1, 0.15) is 23.3 Å². The maximum Gasteiger partial charge on any atom is 0.275 e. The molecule has 2 N–H and O–H groups in total. The van der Waals surface area contributed by atoms with Gasteiger partial charge in [0.25, 0.3) is 5.91 Å². The number of nitrogens with one attached hydrogen (secondary N) is 2. The van der Waals surface area contributed by atoms with Crippen LogP contribution in [-0.2, 0) is 4.79 Å². The van der Waals surface area contributed by atoms with Crippen LogP contribution in [0.2, 0.25) is 10.0 Å². The average molecular weight is 363 g/mol. The number of hydrogen-bond donors (Lipinski definition) is 2.